The average Bonchev–Trinajstić information content (AvgIpc) is 2.22. The highest BCUT2D eigenvalue weighted by atomic mass is 15.0. The molecule has 0 aliphatic heterocycles. The number of benzene rings is 1. The van der Waals surface area contributed by atoms with Gasteiger partial charge in [0, 0.05) is 6.04 Å². The van der Waals surface area contributed by atoms with E-state index >= 15 is 0 Å². The molecule has 1 nitrogen and oxygen atoms in total. The summed E-state index contributed by atoms with van der Waals surface area (Å²) >= 11 is 0. The van der Waals surface area contributed by atoms with Gasteiger partial charge in [0.25, 0.3) is 0 Å². The fourth-order valence-electron chi connectivity index (χ4n) is 2.11. The molecule has 1 atom stereocenters. The second kappa shape index (κ2) is 4.94. The van der Waals surface area contributed by atoms with Crippen molar-refractivity contribution in [3.8, 4) is 12.3 Å². The summed E-state index contributed by atoms with van der Waals surface area (Å²) in [6.45, 7) is 12.7. The highest BCUT2D eigenvalue weighted by molar-refractivity contribution is 5.38. The molecule has 0 spiro atoms. The normalized spacial score (nSPS) is 13.2. The second-order valence-electron chi connectivity index (χ2n) is 5.43. The minimum absolute atomic E-state index is 0.264. The van der Waals surface area contributed by atoms with Crippen LogP contribution in [0.5, 0.6) is 0 Å². The van der Waals surface area contributed by atoms with E-state index in [0.717, 1.165) is 0 Å². The third-order valence-corrected chi connectivity index (χ3v) is 3.29. The first kappa shape index (κ1) is 13.8. The third kappa shape index (κ3) is 3.35. The zero-order valence-electron chi connectivity index (χ0n) is 11.8. The summed E-state index contributed by atoms with van der Waals surface area (Å²) < 4.78 is 0. The predicted octanol–water partition coefficient (Wildman–Crippen LogP) is 3.67. The zero-order chi connectivity index (χ0) is 13.2. The molecule has 1 unspecified atom stereocenters. The number of hydrogen-bond acceptors (Lipinski definition) is 1. The summed E-state index contributed by atoms with van der Waals surface area (Å²) in [5.41, 5.74) is 5.05. The fourth-order valence-corrected chi connectivity index (χ4v) is 2.11. The van der Waals surface area contributed by atoms with Crippen molar-refractivity contribution in [3.05, 3.63) is 34.4 Å². The lowest BCUT2D eigenvalue weighted by Gasteiger charge is -2.27. The monoisotopic (exact) mass is 229 g/mol. The first-order valence-electron chi connectivity index (χ1n) is 6.10. The summed E-state index contributed by atoms with van der Waals surface area (Å²) in [7, 11) is 0. The van der Waals surface area contributed by atoms with Crippen LogP contribution in [-0.2, 0) is 0 Å². The molecule has 0 aromatic heterocycles. The number of hydrogen-bond donors (Lipinski definition) is 1. The van der Waals surface area contributed by atoms with Gasteiger partial charge in [0.15, 0.2) is 0 Å². The molecule has 1 aromatic rings. The molecule has 0 radical (unpaired) electrons. The molecular formula is C16H23N. The molecule has 0 amide bonds. The van der Waals surface area contributed by atoms with Gasteiger partial charge in [0.1, 0.15) is 0 Å². The van der Waals surface area contributed by atoms with E-state index in [9.17, 15) is 0 Å². The van der Waals surface area contributed by atoms with Crippen molar-refractivity contribution in [2.45, 2.75) is 53.1 Å². The summed E-state index contributed by atoms with van der Waals surface area (Å²) in [5.74, 6) is 2.78. The van der Waals surface area contributed by atoms with E-state index in [1.54, 1.807) is 0 Å². The quantitative estimate of drug-likeness (QED) is 0.780. The van der Waals surface area contributed by atoms with E-state index in [1.165, 1.54) is 22.3 Å². The van der Waals surface area contributed by atoms with Gasteiger partial charge in [0.2, 0.25) is 0 Å². The molecule has 92 valence electrons. The van der Waals surface area contributed by atoms with Crippen molar-refractivity contribution in [3.63, 3.8) is 0 Å². The molecule has 1 N–H and O–H groups in total. The molecule has 0 fully saturated rings. The predicted molar refractivity (Wildman–Crippen MR) is 75.1 cm³/mol. The van der Waals surface area contributed by atoms with Crippen molar-refractivity contribution in [1.82, 2.24) is 5.32 Å². The molecule has 0 bridgehead atoms. The average molecular weight is 229 g/mol. The first-order chi connectivity index (χ1) is 7.76. The van der Waals surface area contributed by atoms with Crippen LogP contribution < -0.4 is 5.32 Å². The minimum atomic E-state index is -0.273. The highest BCUT2D eigenvalue weighted by Crippen LogP contribution is 2.23. The van der Waals surface area contributed by atoms with Gasteiger partial charge in [0.05, 0.1) is 5.54 Å². The van der Waals surface area contributed by atoms with Crippen molar-refractivity contribution >= 4 is 0 Å². The van der Waals surface area contributed by atoms with Crippen LogP contribution in [-0.4, -0.2) is 5.54 Å². The Hall–Kier alpha value is -1.26. The van der Waals surface area contributed by atoms with Gasteiger partial charge in [-0.1, -0.05) is 18.1 Å². The molecular weight excluding hydrogens is 206 g/mol. The van der Waals surface area contributed by atoms with Crippen LogP contribution in [0.1, 0.15) is 49.1 Å². The largest absolute Gasteiger partial charge is 0.295 e. The van der Waals surface area contributed by atoms with Gasteiger partial charge >= 0.3 is 0 Å². The van der Waals surface area contributed by atoms with Crippen LogP contribution in [0.4, 0.5) is 0 Å². The van der Waals surface area contributed by atoms with Crippen LogP contribution in [0.3, 0.4) is 0 Å². The van der Waals surface area contributed by atoms with Gasteiger partial charge in [-0.3, -0.25) is 5.32 Å². The van der Waals surface area contributed by atoms with E-state index in [4.69, 9.17) is 6.42 Å². The van der Waals surface area contributed by atoms with Crippen LogP contribution >= 0.6 is 0 Å². The van der Waals surface area contributed by atoms with Crippen molar-refractivity contribution in [1.29, 1.82) is 0 Å². The molecule has 17 heavy (non-hydrogen) atoms. The van der Waals surface area contributed by atoms with E-state index in [-0.39, 0.29) is 11.6 Å². The Morgan fingerprint density at radius 3 is 2.18 bits per heavy atom. The topological polar surface area (TPSA) is 12.0 Å². The number of rotatable bonds is 3. The summed E-state index contributed by atoms with van der Waals surface area (Å²) in [6, 6.07) is 4.76. The van der Waals surface area contributed by atoms with Crippen molar-refractivity contribution < 1.29 is 0 Å². The van der Waals surface area contributed by atoms with E-state index in [1.807, 2.05) is 13.8 Å². The van der Waals surface area contributed by atoms with Crippen molar-refractivity contribution in [2.75, 3.05) is 0 Å². The van der Waals surface area contributed by atoms with Crippen LogP contribution in [0.25, 0.3) is 0 Å². The SMILES string of the molecule is C#CC(C)(C)NC(C)c1cc(C)c(C)cc1C. The summed E-state index contributed by atoms with van der Waals surface area (Å²) in [6.07, 6.45) is 5.51. The molecule has 0 saturated carbocycles. The maximum absolute atomic E-state index is 5.51. The van der Waals surface area contributed by atoms with Crippen LogP contribution in [0, 0.1) is 33.1 Å². The molecule has 0 heterocycles. The zero-order valence-corrected chi connectivity index (χ0v) is 11.8. The summed E-state index contributed by atoms with van der Waals surface area (Å²) in [5, 5.41) is 3.47. The molecule has 1 rings (SSSR count). The smallest absolute Gasteiger partial charge is 0.0745 e. The van der Waals surface area contributed by atoms with Gasteiger partial charge in [-0.05, 0) is 63.8 Å². The Labute approximate surface area is 106 Å². The Morgan fingerprint density at radius 2 is 1.65 bits per heavy atom. The first-order valence-corrected chi connectivity index (χ1v) is 6.10. The Balaban J connectivity index is 3.02. The lowest BCUT2D eigenvalue weighted by Crippen LogP contribution is -2.39. The van der Waals surface area contributed by atoms with E-state index in [2.05, 4.69) is 51.1 Å². The van der Waals surface area contributed by atoms with Gasteiger partial charge < -0.3 is 0 Å². The lowest BCUT2D eigenvalue weighted by molar-refractivity contribution is 0.430. The van der Waals surface area contributed by atoms with Crippen LogP contribution in [0.15, 0.2) is 12.1 Å². The van der Waals surface area contributed by atoms with E-state index < -0.39 is 0 Å². The second-order valence-corrected chi connectivity index (χ2v) is 5.43. The van der Waals surface area contributed by atoms with Crippen molar-refractivity contribution in [2.24, 2.45) is 0 Å². The fraction of sp³-hybridized carbons (Fsp3) is 0.500. The Bertz CT molecular complexity index is 449. The maximum atomic E-state index is 5.51. The third-order valence-electron chi connectivity index (χ3n) is 3.29. The molecule has 1 heteroatoms. The standard InChI is InChI=1S/C16H23N/c1-8-16(6,7)17-14(5)15-10-12(3)11(2)9-13(15)4/h1,9-10,14,17H,2-7H3. The molecule has 0 aliphatic rings. The lowest BCUT2D eigenvalue weighted by atomic mass is 9.94. The van der Waals surface area contributed by atoms with Gasteiger partial charge in [-0.25, -0.2) is 0 Å². The minimum Gasteiger partial charge on any atom is -0.295 e. The maximum Gasteiger partial charge on any atom is 0.0745 e. The number of nitrogens with one attached hydrogen (secondary N) is 1. The number of aryl methyl sites for hydroxylation is 3. The molecule has 0 saturated heterocycles. The Kier molecular flexibility index (Phi) is 4.01. The molecule has 1 aromatic carbocycles. The van der Waals surface area contributed by atoms with Crippen LogP contribution in [0.2, 0.25) is 0 Å². The van der Waals surface area contributed by atoms with Gasteiger partial charge in [-0.2, -0.15) is 0 Å². The highest BCUT2D eigenvalue weighted by Gasteiger charge is 2.19. The van der Waals surface area contributed by atoms with E-state index in [0.29, 0.717) is 0 Å². The summed E-state index contributed by atoms with van der Waals surface area (Å²) in [4.78, 5) is 0. The molecule has 0 aliphatic carbocycles. The van der Waals surface area contributed by atoms with Gasteiger partial charge in [-0.15, -0.1) is 6.42 Å². The number of terminal acetylenes is 1. The Morgan fingerprint density at radius 1 is 1.12 bits per heavy atom.